The predicted octanol–water partition coefficient (Wildman–Crippen LogP) is 1.92. The third kappa shape index (κ3) is 5.73. The van der Waals surface area contributed by atoms with Crippen molar-refractivity contribution in [2.75, 3.05) is 26.2 Å². The van der Waals surface area contributed by atoms with Gasteiger partial charge in [-0.2, -0.15) is 4.31 Å². The van der Waals surface area contributed by atoms with Crippen LogP contribution >= 0.6 is 12.4 Å². The van der Waals surface area contributed by atoms with Crippen molar-refractivity contribution in [1.82, 2.24) is 9.62 Å². The van der Waals surface area contributed by atoms with Crippen molar-refractivity contribution >= 4 is 28.3 Å². The zero-order valence-electron chi connectivity index (χ0n) is 14.5. The van der Waals surface area contributed by atoms with E-state index in [9.17, 15) is 13.2 Å². The van der Waals surface area contributed by atoms with Crippen molar-refractivity contribution in [3.8, 4) is 0 Å². The molecule has 0 unspecified atom stereocenters. The van der Waals surface area contributed by atoms with Crippen LogP contribution in [0.5, 0.6) is 0 Å². The molecule has 0 heterocycles. The number of nitrogens with one attached hydrogen (secondary N) is 1. The first-order valence-electron chi connectivity index (χ1n) is 7.97. The molecule has 1 aromatic rings. The van der Waals surface area contributed by atoms with Crippen LogP contribution in [-0.2, 0) is 10.0 Å². The van der Waals surface area contributed by atoms with Crippen molar-refractivity contribution < 1.29 is 13.2 Å². The van der Waals surface area contributed by atoms with Gasteiger partial charge in [0.05, 0.1) is 4.90 Å². The highest BCUT2D eigenvalue weighted by molar-refractivity contribution is 7.89. The Hall–Kier alpha value is -1.15. The van der Waals surface area contributed by atoms with E-state index >= 15 is 0 Å². The molecular formula is C16H28ClN3O3S. The van der Waals surface area contributed by atoms with Crippen LogP contribution in [0.4, 0.5) is 0 Å². The molecule has 0 aliphatic rings. The van der Waals surface area contributed by atoms with Gasteiger partial charge < -0.3 is 11.1 Å². The zero-order chi connectivity index (χ0) is 17.5. The number of unbranched alkanes of at least 4 members (excludes halogenated alkanes) is 1. The summed E-state index contributed by atoms with van der Waals surface area (Å²) in [5.41, 5.74) is 6.56. The Labute approximate surface area is 151 Å². The Morgan fingerprint density at radius 2 is 1.83 bits per heavy atom. The summed E-state index contributed by atoms with van der Waals surface area (Å²) in [5.74, 6) is -0.254. The maximum absolute atomic E-state index is 12.6. The standard InChI is InChI=1S/C16H27N3O3S.ClH/c1-4-19(5-2)23(21,22)14-9-8-13(3)15(12-14)16(20)18-11-7-6-10-17;/h8-9,12H,4-7,10-11,17H2,1-3H3,(H,18,20);1H. The summed E-state index contributed by atoms with van der Waals surface area (Å²) in [7, 11) is -3.57. The molecule has 0 bridgehead atoms. The summed E-state index contributed by atoms with van der Waals surface area (Å²) >= 11 is 0. The second-order valence-electron chi connectivity index (χ2n) is 5.32. The Morgan fingerprint density at radius 3 is 2.38 bits per heavy atom. The molecule has 1 amide bonds. The van der Waals surface area contributed by atoms with Crippen molar-refractivity contribution in [2.24, 2.45) is 5.73 Å². The van der Waals surface area contributed by atoms with Crippen LogP contribution < -0.4 is 11.1 Å². The molecule has 0 aliphatic heterocycles. The lowest BCUT2D eigenvalue weighted by Crippen LogP contribution is -2.31. The van der Waals surface area contributed by atoms with E-state index in [4.69, 9.17) is 5.73 Å². The van der Waals surface area contributed by atoms with Crippen LogP contribution in [0.15, 0.2) is 23.1 Å². The smallest absolute Gasteiger partial charge is 0.251 e. The molecule has 1 rings (SSSR count). The van der Waals surface area contributed by atoms with E-state index in [1.54, 1.807) is 32.9 Å². The number of amides is 1. The van der Waals surface area contributed by atoms with E-state index < -0.39 is 10.0 Å². The summed E-state index contributed by atoms with van der Waals surface area (Å²) in [6.07, 6.45) is 1.65. The number of rotatable bonds is 9. The molecule has 0 aliphatic carbocycles. The molecule has 0 atom stereocenters. The Kier molecular flexibility index (Phi) is 10.1. The number of sulfonamides is 1. The fraction of sp³-hybridized carbons (Fsp3) is 0.562. The molecule has 8 heteroatoms. The van der Waals surface area contributed by atoms with Gasteiger partial charge in [0.15, 0.2) is 0 Å². The van der Waals surface area contributed by atoms with Crippen LogP contribution in [-0.4, -0.2) is 44.8 Å². The van der Waals surface area contributed by atoms with Gasteiger partial charge in [0.25, 0.3) is 5.91 Å². The molecule has 24 heavy (non-hydrogen) atoms. The first-order chi connectivity index (χ1) is 10.9. The van der Waals surface area contributed by atoms with Gasteiger partial charge in [0, 0.05) is 25.2 Å². The monoisotopic (exact) mass is 377 g/mol. The lowest BCUT2D eigenvalue weighted by molar-refractivity contribution is 0.0952. The second-order valence-corrected chi connectivity index (χ2v) is 7.26. The molecule has 6 nitrogen and oxygen atoms in total. The quantitative estimate of drug-likeness (QED) is 0.643. The first kappa shape index (κ1) is 22.9. The number of hydrogen-bond acceptors (Lipinski definition) is 4. The lowest BCUT2D eigenvalue weighted by Gasteiger charge is -2.19. The Bertz CT molecular complexity index is 631. The van der Waals surface area contributed by atoms with E-state index in [0.29, 0.717) is 31.7 Å². The van der Waals surface area contributed by atoms with Gasteiger partial charge in [-0.1, -0.05) is 19.9 Å². The van der Waals surface area contributed by atoms with Gasteiger partial charge in [-0.15, -0.1) is 12.4 Å². The maximum atomic E-state index is 12.6. The Morgan fingerprint density at radius 1 is 1.21 bits per heavy atom. The van der Waals surface area contributed by atoms with Crippen molar-refractivity contribution in [3.63, 3.8) is 0 Å². The highest BCUT2D eigenvalue weighted by atomic mass is 35.5. The second kappa shape index (κ2) is 10.7. The molecule has 138 valence electrons. The van der Waals surface area contributed by atoms with E-state index in [0.717, 1.165) is 18.4 Å². The molecular weight excluding hydrogens is 350 g/mol. The summed E-state index contributed by atoms with van der Waals surface area (Å²) < 4.78 is 26.5. The highest BCUT2D eigenvalue weighted by Gasteiger charge is 2.23. The van der Waals surface area contributed by atoms with E-state index in [1.807, 2.05) is 0 Å². The summed E-state index contributed by atoms with van der Waals surface area (Å²) in [6.45, 7) is 7.29. The van der Waals surface area contributed by atoms with Gasteiger partial charge in [-0.05, 0) is 44.0 Å². The van der Waals surface area contributed by atoms with Crippen molar-refractivity contribution in [1.29, 1.82) is 0 Å². The highest BCUT2D eigenvalue weighted by Crippen LogP contribution is 2.19. The van der Waals surface area contributed by atoms with E-state index in [2.05, 4.69) is 5.32 Å². The molecule has 3 N–H and O–H groups in total. The van der Waals surface area contributed by atoms with E-state index in [-0.39, 0.29) is 23.2 Å². The van der Waals surface area contributed by atoms with Gasteiger partial charge in [-0.3, -0.25) is 4.79 Å². The number of aryl methyl sites for hydroxylation is 1. The van der Waals surface area contributed by atoms with Crippen LogP contribution in [0.25, 0.3) is 0 Å². The molecule has 1 aromatic carbocycles. The van der Waals surface area contributed by atoms with Gasteiger partial charge in [0.2, 0.25) is 10.0 Å². The average Bonchev–Trinajstić information content (AvgIpc) is 2.52. The van der Waals surface area contributed by atoms with Gasteiger partial charge >= 0.3 is 0 Å². The fourth-order valence-electron chi connectivity index (χ4n) is 2.29. The Balaban J connectivity index is 0.00000529. The number of nitrogens with two attached hydrogens (primary N) is 1. The van der Waals surface area contributed by atoms with Gasteiger partial charge in [-0.25, -0.2) is 8.42 Å². The molecule has 0 saturated carbocycles. The predicted molar refractivity (Wildman–Crippen MR) is 99.2 cm³/mol. The first-order valence-corrected chi connectivity index (χ1v) is 9.41. The number of benzene rings is 1. The fourth-order valence-corrected chi connectivity index (χ4v) is 3.77. The maximum Gasteiger partial charge on any atom is 0.251 e. The minimum atomic E-state index is -3.57. The third-order valence-corrected chi connectivity index (χ3v) is 5.76. The molecule has 0 radical (unpaired) electrons. The van der Waals surface area contributed by atoms with Gasteiger partial charge in [0.1, 0.15) is 0 Å². The average molecular weight is 378 g/mol. The van der Waals surface area contributed by atoms with Crippen LogP contribution in [0.2, 0.25) is 0 Å². The van der Waals surface area contributed by atoms with E-state index in [1.165, 1.54) is 10.4 Å². The third-order valence-electron chi connectivity index (χ3n) is 3.71. The zero-order valence-corrected chi connectivity index (χ0v) is 16.2. The summed E-state index contributed by atoms with van der Waals surface area (Å²) in [6, 6.07) is 4.68. The van der Waals surface area contributed by atoms with Crippen LogP contribution in [0.1, 0.15) is 42.6 Å². The molecule has 0 aromatic heterocycles. The number of carbonyl (C=O) groups excluding carboxylic acids is 1. The molecule has 0 spiro atoms. The minimum Gasteiger partial charge on any atom is -0.352 e. The SMILES string of the molecule is CCN(CC)S(=O)(=O)c1ccc(C)c(C(=O)NCCCCN)c1.Cl. The normalized spacial score (nSPS) is 11.2. The van der Waals surface area contributed by atoms with Crippen LogP contribution in [0, 0.1) is 6.92 Å². The van der Waals surface area contributed by atoms with Crippen molar-refractivity contribution in [3.05, 3.63) is 29.3 Å². The number of nitrogens with zero attached hydrogens (tertiary/aromatic N) is 1. The number of hydrogen-bond donors (Lipinski definition) is 2. The van der Waals surface area contributed by atoms with Crippen LogP contribution in [0.3, 0.4) is 0 Å². The largest absolute Gasteiger partial charge is 0.352 e. The minimum absolute atomic E-state index is 0. The number of halogens is 1. The summed E-state index contributed by atoms with van der Waals surface area (Å²) in [5, 5.41) is 2.81. The number of carbonyl (C=O) groups is 1. The summed E-state index contributed by atoms with van der Waals surface area (Å²) in [4.78, 5) is 12.4. The van der Waals surface area contributed by atoms with Crippen molar-refractivity contribution in [2.45, 2.75) is 38.5 Å². The molecule has 0 fully saturated rings. The topological polar surface area (TPSA) is 92.5 Å². The lowest BCUT2D eigenvalue weighted by atomic mass is 10.1. The molecule has 0 saturated heterocycles.